The zero-order chi connectivity index (χ0) is 10.3. The van der Waals surface area contributed by atoms with Gasteiger partial charge in [0.15, 0.2) is 0 Å². The normalized spacial score (nSPS) is 11.8. The lowest BCUT2D eigenvalue weighted by atomic mass is 10.2. The van der Waals surface area contributed by atoms with Gasteiger partial charge < -0.3 is 21.5 Å². The molecule has 0 unspecified atom stereocenters. The van der Waals surface area contributed by atoms with Gasteiger partial charge in [0.2, 0.25) is 0 Å². The van der Waals surface area contributed by atoms with Crippen LogP contribution in [0.3, 0.4) is 0 Å². The van der Waals surface area contributed by atoms with Gasteiger partial charge in [0.25, 0.3) is 0 Å². The molecule has 0 aliphatic carbocycles. The Kier molecular flexibility index (Phi) is 5.62. The summed E-state index contributed by atoms with van der Waals surface area (Å²) < 4.78 is 0. The van der Waals surface area contributed by atoms with Crippen molar-refractivity contribution >= 4 is 12.0 Å². The molecule has 6 heteroatoms. The Morgan fingerprint density at radius 1 is 1.54 bits per heavy atom. The average molecular weight is 189 g/mol. The largest absolute Gasteiger partial charge is 0.480 e. The standard InChI is InChI=1S/C7H15N3O3/c1-2-5(6(11)12)10-7(13)9-4-3-8/h5H,2-4,8H2,1H3,(H,11,12)(H2,9,10,13)/t5-/m0/s1. The minimum Gasteiger partial charge on any atom is -0.480 e. The van der Waals surface area contributed by atoms with Crippen LogP contribution in [0.15, 0.2) is 0 Å². The van der Waals surface area contributed by atoms with Crippen LogP contribution in [0.1, 0.15) is 13.3 Å². The molecule has 2 amide bonds. The molecule has 1 atom stereocenters. The summed E-state index contributed by atoms with van der Waals surface area (Å²) in [6.45, 7) is 2.35. The molecule has 76 valence electrons. The van der Waals surface area contributed by atoms with Crippen molar-refractivity contribution in [1.82, 2.24) is 10.6 Å². The number of carbonyl (C=O) groups is 2. The fraction of sp³-hybridized carbons (Fsp3) is 0.714. The van der Waals surface area contributed by atoms with Crippen LogP contribution in [0.25, 0.3) is 0 Å². The van der Waals surface area contributed by atoms with E-state index in [2.05, 4.69) is 10.6 Å². The topological polar surface area (TPSA) is 104 Å². The van der Waals surface area contributed by atoms with Crippen LogP contribution in [-0.2, 0) is 4.79 Å². The van der Waals surface area contributed by atoms with Gasteiger partial charge in [0.05, 0.1) is 0 Å². The Balaban J connectivity index is 3.80. The first-order valence-electron chi connectivity index (χ1n) is 4.09. The lowest BCUT2D eigenvalue weighted by Gasteiger charge is -2.12. The fourth-order valence-corrected chi connectivity index (χ4v) is 0.733. The second-order valence-electron chi connectivity index (χ2n) is 2.49. The molecule has 0 aliphatic rings. The van der Waals surface area contributed by atoms with Crippen molar-refractivity contribution in [2.75, 3.05) is 13.1 Å². The van der Waals surface area contributed by atoms with E-state index < -0.39 is 18.0 Å². The molecule has 0 heterocycles. The molecule has 0 radical (unpaired) electrons. The van der Waals surface area contributed by atoms with E-state index in [1.54, 1.807) is 6.92 Å². The van der Waals surface area contributed by atoms with Crippen LogP contribution in [0.2, 0.25) is 0 Å². The summed E-state index contributed by atoms with van der Waals surface area (Å²) in [5.74, 6) is -1.04. The Morgan fingerprint density at radius 3 is 2.54 bits per heavy atom. The second-order valence-corrected chi connectivity index (χ2v) is 2.49. The Bertz CT molecular complexity index is 184. The highest BCUT2D eigenvalue weighted by Gasteiger charge is 2.16. The fourth-order valence-electron chi connectivity index (χ4n) is 0.733. The molecule has 0 spiro atoms. The van der Waals surface area contributed by atoms with E-state index in [0.717, 1.165) is 0 Å². The maximum absolute atomic E-state index is 10.9. The third-order valence-electron chi connectivity index (χ3n) is 1.44. The minimum absolute atomic E-state index is 0.331. The van der Waals surface area contributed by atoms with Gasteiger partial charge in [-0.25, -0.2) is 9.59 Å². The van der Waals surface area contributed by atoms with Gasteiger partial charge in [-0.1, -0.05) is 6.92 Å². The van der Waals surface area contributed by atoms with Crippen LogP contribution < -0.4 is 16.4 Å². The molecule has 0 saturated heterocycles. The minimum atomic E-state index is -1.04. The predicted octanol–water partition coefficient (Wildman–Crippen LogP) is -0.892. The third kappa shape index (κ3) is 5.02. The predicted molar refractivity (Wildman–Crippen MR) is 47.3 cm³/mol. The number of carboxylic acids is 1. The van der Waals surface area contributed by atoms with E-state index in [4.69, 9.17) is 10.8 Å². The van der Waals surface area contributed by atoms with Crippen molar-refractivity contribution in [3.05, 3.63) is 0 Å². The highest BCUT2D eigenvalue weighted by Crippen LogP contribution is 1.89. The molecule has 0 aromatic heterocycles. The monoisotopic (exact) mass is 189 g/mol. The van der Waals surface area contributed by atoms with Crippen molar-refractivity contribution < 1.29 is 14.7 Å². The summed E-state index contributed by atoms with van der Waals surface area (Å²) in [6, 6.07) is -1.34. The number of hydrogen-bond donors (Lipinski definition) is 4. The van der Waals surface area contributed by atoms with E-state index in [-0.39, 0.29) is 0 Å². The van der Waals surface area contributed by atoms with Gasteiger partial charge >= 0.3 is 12.0 Å². The molecule has 0 aromatic rings. The van der Waals surface area contributed by atoms with Gasteiger partial charge in [0, 0.05) is 13.1 Å². The number of nitrogens with one attached hydrogen (secondary N) is 2. The van der Waals surface area contributed by atoms with Crippen molar-refractivity contribution in [3.63, 3.8) is 0 Å². The highest BCUT2D eigenvalue weighted by molar-refractivity contribution is 5.82. The maximum atomic E-state index is 10.9. The first-order valence-corrected chi connectivity index (χ1v) is 4.09. The van der Waals surface area contributed by atoms with E-state index >= 15 is 0 Å². The number of rotatable bonds is 5. The molecule has 0 aromatic carbocycles. The first-order chi connectivity index (χ1) is 6.11. The van der Waals surface area contributed by atoms with Crippen LogP contribution in [-0.4, -0.2) is 36.2 Å². The summed E-state index contributed by atoms with van der Waals surface area (Å²) in [5, 5.41) is 13.3. The lowest BCUT2D eigenvalue weighted by Crippen LogP contribution is -2.46. The zero-order valence-electron chi connectivity index (χ0n) is 7.54. The highest BCUT2D eigenvalue weighted by atomic mass is 16.4. The number of amides is 2. The quantitative estimate of drug-likeness (QED) is 0.450. The van der Waals surface area contributed by atoms with Crippen molar-refractivity contribution in [1.29, 1.82) is 0 Å². The molecule has 0 aliphatic heterocycles. The van der Waals surface area contributed by atoms with Gasteiger partial charge in [-0.2, -0.15) is 0 Å². The molecule has 0 fully saturated rings. The number of carbonyl (C=O) groups excluding carboxylic acids is 1. The molecule has 0 saturated carbocycles. The summed E-state index contributed by atoms with van der Waals surface area (Å²) in [5.41, 5.74) is 5.14. The molecule has 0 rings (SSSR count). The van der Waals surface area contributed by atoms with Gasteiger partial charge in [-0.15, -0.1) is 0 Å². The molecular formula is C7H15N3O3. The Morgan fingerprint density at radius 2 is 2.15 bits per heavy atom. The molecule has 0 bridgehead atoms. The summed E-state index contributed by atoms with van der Waals surface area (Å²) in [7, 11) is 0. The number of carboxylic acid groups (broad SMARTS) is 1. The SMILES string of the molecule is CC[C@H](NC(=O)NCCN)C(=O)O. The first kappa shape index (κ1) is 11.7. The Labute approximate surface area is 76.5 Å². The summed E-state index contributed by atoms with van der Waals surface area (Å²) in [4.78, 5) is 21.4. The van der Waals surface area contributed by atoms with Crippen LogP contribution in [0.4, 0.5) is 4.79 Å². The maximum Gasteiger partial charge on any atom is 0.326 e. The molecular weight excluding hydrogens is 174 g/mol. The van der Waals surface area contributed by atoms with Crippen molar-refractivity contribution in [3.8, 4) is 0 Å². The Hall–Kier alpha value is -1.30. The molecule has 6 nitrogen and oxygen atoms in total. The molecule has 13 heavy (non-hydrogen) atoms. The summed E-state index contributed by atoms with van der Waals surface area (Å²) in [6.07, 6.45) is 0.353. The summed E-state index contributed by atoms with van der Waals surface area (Å²) >= 11 is 0. The van der Waals surface area contributed by atoms with E-state index in [0.29, 0.717) is 19.5 Å². The number of hydrogen-bond acceptors (Lipinski definition) is 3. The third-order valence-corrected chi connectivity index (χ3v) is 1.44. The van der Waals surface area contributed by atoms with E-state index in [1.807, 2.05) is 0 Å². The smallest absolute Gasteiger partial charge is 0.326 e. The number of nitrogens with two attached hydrogens (primary N) is 1. The number of urea groups is 1. The van der Waals surface area contributed by atoms with Crippen LogP contribution in [0.5, 0.6) is 0 Å². The van der Waals surface area contributed by atoms with E-state index in [9.17, 15) is 9.59 Å². The zero-order valence-corrected chi connectivity index (χ0v) is 7.54. The van der Waals surface area contributed by atoms with Crippen molar-refractivity contribution in [2.24, 2.45) is 5.73 Å². The van der Waals surface area contributed by atoms with Gasteiger partial charge in [-0.3, -0.25) is 0 Å². The van der Waals surface area contributed by atoms with Gasteiger partial charge in [-0.05, 0) is 6.42 Å². The number of aliphatic carboxylic acids is 1. The second kappa shape index (κ2) is 6.24. The van der Waals surface area contributed by atoms with Gasteiger partial charge in [0.1, 0.15) is 6.04 Å². The van der Waals surface area contributed by atoms with E-state index in [1.165, 1.54) is 0 Å². The van der Waals surface area contributed by atoms with Crippen molar-refractivity contribution in [2.45, 2.75) is 19.4 Å². The van der Waals surface area contributed by atoms with Crippen LogP contribution >= 0.6 is 0 Å². The molecule has 5 N–H and O–H groups in total. The lowest BCUT2D eigenvalue weighted by molar-refractivity contribution is -0.139. The average Bonchev–Trinajstić information content (AvgIpc) is 2.10. The van der Waals surface area contributed by atoms with Crippen LogP contribution in [0, 0.1) is 0 Å².